The molecule has 2 N–H and O–H groups in total. The molecule has 1 saturated heterocycles. The van der Waals surface area contributed by atoms with Crippen LogP contribution in [-0.2, 0) is 4.74 Å². The summed E-state index contributed by atoms with van der Waals surface area (Å²) in [5.41, 5.74) is -0.942. The third-order valence-corrected chi connectivity index (χ3v) is 5.81. The fourth-order valence-corrected chi connectivity index (χ4v) is 3.81. The van der Waals surface area contributed by atoms with Crippen molar-refractivity contribution in [2.24, 2.45) is 5.92 Å². The number of likely N-dealkylation sites (tertiary alicyclic amines) is 1. The van der Waals surface area contributed by atoms with Crippen molar-refractivity contribution >= 4 is 28.0 Å². The Hall–Kier alpha value is -2.24. The zero-order valence-electron chi connectivity index (χ0n) is 15.1. The molecule has 0 unspecified atom stereocenters. The van der Waals surface area contributed by atoms with Gasteiger partial charge in [-0.25, -0.2) is 9.59 Å². The summed E-state index contributed by atoms with van der Waals surface area (Å²) in [5, 5.41) is 11.7. The van der Waals surface area contributed by atoms with Crippen molar-refractivity contribution in [2.75, 3.05) is 25.5 Å². The zero-order chi connectivity index (χ0) is 21.4. The second-order valence-electron chi connectivity index (χ2n) is 6.75. The minimum absolute atomic E-state index is 0.0780. The molecule has 1 aliphatic rings. The van der Waals surface area contributed by atoms with Crippen molar-refractivity contribution in [1.82, 2.24) is 4.90 Å². The minimum atomic E-state index is -10.0. The summed E-state index contributed by atoms with van der Waals surface area (Å²) in [6.45, 7) is 2.20. The number of nitrogens with one attached hydrogen (secondary N) is 1. The number of carboxylic acid groups (broad SMARTS) is 1. The van der Waals surface area contributed by atoms with E-state index < -0.39 is 38.8 Å². The molecular weight excluding hydrogens is 411 g/mol. The molecule has 12 heteroatoms. The van der Waals surface area contributed by atoms with Gasteiger partial charge in [-0.15, -0.1) is 0 Å². The first-order chi connectivity index (χ1) is 12.6. The molecule has 160 valence electrons. The van der Waals surface area contributed by atoms with Crippen molar-refractivity contribution in [1.29, 1.82) is 0 Å². The number of hydrogen-bond donors (Lipinski definition) is 2. The van der Waals surface area contributed by atoms with E-state index in [-0.39, 0.29) is 36.8 Å². The Labute approximate surface area is 158 Å². The number of carbonyl (C=O) groups excluding carboxylic acids is 1. The summed E-state index contributed by atoms with van der Waals surface area (Å²) in [6.07, 6.45) is -0.123. The Balaban J connectivity index is 2.28. The number of anilines is 1. The summed E-state index contributed by atoms with van der Waals surface area (Å²) in [5.74, 6) is -1.25. The molecule has 1 atom stereocenters. The molecule has 28 heavy (non-hydrogen) atoms. The molecule has 0 aliphatic carbocycles. The molecule has 0 bridgehead atoms. The predicted octanol–water partition coefficient (Wildman–Crippen LogP) is 5.32. The lowest BCUT2D eigenvalue weighted by Crippen LogP contribution is -2.41. The number of piperidine rings is 1. The van der Waals surface area contributed by atoms with E-state index in [9.17, 15) is 29.0 Å². The van der Waals surface area contributed by atoms with Crippen LogP contribution in [-0.4, -0.2) is 48.3 Å². The first-order valence-electron chi connectivity index (χ1n) is 8.32. The van der Waals surface area contributed by atoms with Crippen LogP contribution in [0.2, 0.25) is 0 Å². The lowest BCUT2D eigenvalue weighted by Gasteiger charge is -2.41. The number of benzene rings is 1. The van der Waals surface area contributed by atoms with Crippen molar-refractivity contribution in [2.45, 2.75) is 30.7 Å². The van der Waals surface area contributed by atoms with Gasteiger partial charge in [-0.3, -0.25) is 0 Å². The average molecular weight is 432 g/mol. The number of methoxy groups -OCH3 is 1. The van der Waals surface area contributed by atoms with Gasteiger partial charge in [0.1, 0.15) is 4.90 Å². The van der Waals surface area contributed by atoms with E-state index >= 15 is 0 Å². The van der Waals surface area contributed by atoms with E-state index in [1.165, 1.54) is 4.90 Å². The van der Waals surface area contributed by atoms with Gasteiger partial charge in [-0.1, -0.05) is 19.4 Å². The molecule has 1 amide bonds. The molecule has 6 nitrogen and oxygen atoms in total. The van der Waals surface area contributed by atoms with Crippen LogP contribution in [0.5, 0.6) is 0 Å². The lowest BCUT2D eigenvalue weighted by molar-refractivity contribution is 0.0600. The highest BCUT2D eigenvalue weighted by molar-refractivity contribution is 8.45. The fraction of sp³-hybridized carbons (Fsp3) is 0.500. The van der Waals surface area contributed by atoms with Crippen LogP contribution in [0.4, 0.5) is 29.9 Å². The molecule has 2 rings (SSSR count). The van der Waals surface area contributed by atoms with Crippen molar-refractivity contribution in [3.8, 4) is 0 Å². The van der Waals surface area contributed by atoms with Gasteiger partial charge in [0.05, 0.1) is 12.7 Å². The molecule has 1 aliphatic heterocycles. The van der Waals surface area contributed by atoms with Crippen LogP contribution in [0.3, 0.4) is 0 Å². The van der Waals surface area contributed by atoms with E-state index in [1.54, 1.807) is 6.92 Å². The van der Waals surface area contributed by atoms with Gasteiger partial charge in [0, 0.05) is 24.8 Å². The van der Waals surface area contributed by atoms with E-state index in [4.69, 9.17) is 5.11 Å². The van der Waals surface area contributed by atoms with E-state index in [0.717, 1.165) is 13.2 Å². The largest absolute Gasteiger partial charge is 0.465 e. The van der Waals surface area contributed by atoms with Gasteiger partial charge in [-0.2, -0.15) is 0 Å². The van der Waals surface area contributed by atoms with Gasteiger partial charge >= 0.3 is 22.3 Å². The van der Waals surface area contributed by atoms with Crippen LogP contribution in [0.15, 0.2) is 23.1 Å². The smallest absolute Gasteiger partial charge is 0.407 e. The average Bonchev–Trinajstić information content (AvgIpc) is 2.58. The molecule has 0 radical (unpaired) electrons. The summed E-state index contributed by atoms with van der Waals surface area (Å²) < 4.78 is 70.6. The zero-order valence-corrected chi connectivity index (χ0v) is 15.9. The Morgan fingerprint density at radius 1 is 1.18 bits per heavy atom. The number of amides is 1. The molecule has 1 fully saturated rings. The van der Waals surface area contributed by atoms with Gasteiger partial charge in [0.15, 0.2) is 0 Å². The van der Waals surface area contributed by atoms with E-state index in [0.29, 0.717) is 12.8 Å². The molecule has 1 heterocycles. The maximum Gasteiger partial charge on any atom is 0.407 e. The summed E-state index contributed by atoms with van der Waals surface area (Å²) >= 11 is 0. The Bertz CT molecular complexity index is 779. The summed E-state index contributed by atoms with van der Waals surface area (Å²) in [4.78, 5) is 21.6. The molecular formula is C16H21F5N2O4S. The number of esters is 1. The molecule has 1 aromatic carbocycles. The third kappa shape index (κ3) is 5.40. The Morgan fingerprint density at radius 2 is 1.75 bits per heavy atom. The van der Waals surface area contributed by atoms with Crippen LogP contribution < -0.4 is 5.32 Å². The van der Waals surface area contributed by atoms with Crippen LogP contribution in [0, 0.1) is 5.92 Å². The van der Waals surface area contributed by atoms with Crippen molar-refractivity contribution in [3.05, 3.63) is 23.8 Å². The molecule has 0 aromatic heterocycles. The van der Waals surface area contributed by atoms with Crippen LogP contribution >= 0.6 is 10.2 Å². The standard InChI is InChI=1S/C16H21F5N2O4S/c1-10(11-3-5-23(6-4-11)16(25)26)22-13-7-12(15(24)27-2)8-14(9-13)28(17,18,19,20)21/h7-11,22H,3-6H2,1-2H3,(H,25,26)/t10-/m0/s1. The number of carbonyl (C=O) groups is 2. The van der Waals surface area contributed by atoms with Gasteiger partial charge < -0.3 is 20.1 Å². The van der Waals surface area contributed by atoms with Crippen LogP contribution in [0.25, 0.3) is 0 Å². The molecule has 1 aromatic rings. The third-order valence-electron chi connectivity index (χ3n) is 4.68. The SMILES string of the molecule is COC(=O)c1cc(N[C@@H](C)C2CCN(C(=O)O)CC2)cc(S(F)(F)(F)(F)F)c1. The van der Waals surface area contributed by atoms with Gasteiger partial charge in [0.2, 0.25) is 0 Å². The summed E-state index contributed by atoms with van der Waals surface area (Å²) in [6, 6.07) is 0.933. The number of halogens is 5. The van der Waals surface area contributed by atoms with Gasteiger partial charge in [0.25, 0.3) is 0 Å². The molecule has 0 saturated carbocycles. The monoisotopic (exact) mass is 432 g/mol. The molecule has 0 spiro atoms. The van der Waals surface area contributed by atoms with E-state index in [1.807, 2.05) is 0 Å². The Morgan fingerprint density at radius 3 is 2.21 bits per heavy atom. The first-order valence-corrected chi connectivity index (χ1v) is 10.3. The number of rotatable bonds is 5. The highest BCUT2D eigenvalue weighted by atomic mass is 32.5. The maximum absolute atomic E-state index is 13.2. The second kappa shape index (κ2) is 6.68. The topological polar surface area (TPSA) is 78.9 Å². The first kappa shape index (κ1) is 22.1. The number of ether oxygens (including phenoxy) is 1. The minimum Gasteiger partial charge on any atom is -0.465 e. The maximum atomic E-state index is 13.2. The number of nitrogens with zero attached hydrogens (tertiary/aromatic N) is 1. The predicted molar refractivity (Wildman–Crippen MR) is 94.6 cm³/mol. The number of hydrogen-bond acceptors (Lipinski definition) is 4. The highest BCUT2D eigenvalue weighted by Gasteiger charge is 2.65. The Kier molecular flexibility index (Phi) is 5.26. The second-order valence-corrected chi connectivity index (χ2v) is 9.16. The summed E-state index contributed by atoms with van der Waals surface area (Å²) in [7, 11) is -9.07. The van der Waals surface area contributed by atoms with Crippen molar-refractivity contribution < 1.29 is 38.9 Å². The lowest BCUT2D eigenvalue weighted by atomic mass is 9.90. The normalized spacial score (nSPS) is 19.3. The highest BCUT2D eigenvalue weighted by Crippen LogP contribution is 3.02. The van der Waals surface area contributed by atoms with E-state index in [2.05, 4.69) is 10.1 Å². The van der Waals surface area contributed by atoms with Crippen LogP contribution in [0.1, 0.15) is 30.1 Å². The van der Waals surface area contributed by atoms with Crippen molar-refractivity contribution in [3.63, 3.8) is 0 Å². The quantitative estimate of drug-likeness (QED) is 0.486. The van der Waals surface area contributed by atoms with Gasteiger partial charge in [-0.05, 0) is 43.9 Å². The fourth-order valence-electron chi connectivity index (χ4n) is 3.11.